The Morgan fingerprint density at radius 1 is 1.28 bits per heavy atom. The van der Waals surface area contributed by atoms with Crippen LogP contribution in [-0.4, -0.2) is 21.5 Å². The molecule has 0 spiro atoms. The van der Waals surface area contributed by atoms with Crippen molar-refractivity contribution in [2.24, 2.45) is 10.6 Å². The summed E-state index contributed by atoms with van der Waals surface area (Å²) in [6.07, 6.45) is 0.632. The second-order valence-corrected chi connectivity index (χ2v) is 7.09. The van der Waals surface area contributed by atoms with Crippen LogP contribution in [0.3, 0.4) is 0 Å². The summed E-state index contributed by atoms with van der Waals surface area (Å²) in [7, 11) is -1.78. The topological polar surface area (TPSA) is 72.2 Å². The van der Waals surface area contributed by atoms with Crippen LogP contribution in [0.15, 0.2) is 29.2 Å². The van der Waals surface area contributed by atoms with Crippen LogP contribution in [-0.2, 0) is 16.4 Å². The fourth-order valence-electron chi connectivity index (χ4n) is 2.01. The molecule has 1 atom stereocenters. The predicted octanol–water partition coefficient (Wildman–Crippen LogP) is 1.51. The Morgan fingerprint density at radius 3 is 2.28 bits per heavy atom. The van der Waals surface area contributed by atoms with Crippen molar-refractivity contribution in [1.82, 2.24) is 5.32 Å². The summed E-state index contributed by atoms with van der Waals surface area (Å²) < 4.78 is 23.1. The van der Waals surface area contributed by atoms with E-state index in [9.17, 15) is 8.42 Å². The molecule has 0 saturated carbocycles. The Kier molecular flexibility index (Phi) is 4.53. The van der Waals surface area contributed by atoms with Gasteiger partial charge in [-0.1, -0.05) is 39.0 Å². The van der Waals surface area contributed by atoms with E-state index in [0.29, 0.717) is 6.42 Å². The maximum atomic E-state index is 11.5. The van der Waals surface area contributed by atoms with Gasteiger partial charge in [0.05, 0.1) is 4.90 Å². The molecule has 0 aromatic heterocycles. The van der Waals surface area contributed by atoms with E-state index in [-0.39, 0.29) is 16.4 Å². The van der Waals surface area contributed by atoms with Crippen molar-refractivity contribution in [3.8, 4) is 0 Å². The molecule has 0 bridgehead atoms. The maximum absolute atomic E-state index is 11.5. The minimum atomic E-state index is -3.66. The summed E-state index contributed by atoms with van der Waals surface area (Å²) in [5.41, 5.74) is 0.800. The van der Waals surface area contributed by atoms with Crippen molar-refractivity contribution < 1.29 is 8.42 Å². The number of benzene rings is 1. The number of likely N-dealkylation sites (N-methyl/N-ethyl adjacent to an activating group) is 1. The lowest BCUT2D eigenvalue weighted by Crippen LogP contribution is -2.40. The Bertz CT molecular complexity index is 504. The first-order valence-electron chi connectivity index (χ1n) is 5.94. The summed E-state index contributed by atoms with van der Waals surface area (Å²) in [4.78, 5) is 0.217. The van der Waals surface area contributed by atoms with Crippen LogP contribution in [0.1, 0.15) is 26.3 Å². The number of sulfonamides is 1. The van der Waals surface area contributed by atoms with Crippen LogP contribution >= 0.6 is 0 Å². The average Bonchev–Trinajstić information content (AvgIpc) is 2.23. The van der Waals surface area contributed by atoms with E-state index >= 15 is 0 Å². The van der Waals surface area contributed by atoms with Crippen LogP contribution in [0, 0.1) is 5.41 Å². The summed E-state index contributed by atoms with van der Waals surface area (Å²) in [5.74, 6) is 0. The Balaban J connectivity index is 3.12. The number of hydrogen-bond donors (Lipinski definition) is 2. The van der Waals surface area contributed by atoms with E-state index in [2.05, 4.69) is 26.1 Å². The van der Waals surface area contributed by atoms with Gasteiger partial charge in [-0.3, -0.25) is 0 Å². The molecule has 1 rings (SSSR count). The molecule has 0 aliphatic carbocycles. The van der Waals surface area contributed by atoms with Crippen molar-refractivity contribution in [3.63, 3.8) is 0 Å². The lowest BCUT2D eigenvalue weighted by atomic mass is 9.83. The maximum Gasteiger partial charge on any atom is 0.238 e. The Morgan fingerprint density at radius 2 is 1.83 bits per heavy atom. The third kappa shape index (κ3) is 3.80. The molecule has 4 nitrogen and oxygen atoms in total. The van der Waals surface area contributed by atoms with Gasteiger partial charge in [0.25, 0.3) is 0 Å². The highest BCUT2D eigenvalue weighted by atomic mass is 32.2. The van der Waals surface area contributed by atoms with Gasteiger partial charge in [-0.05, 0) is 30.5 Å². The van der Waals surface area contributed by atoms with Gasteiger partial charge >= 0.3 is 0 Å². The molecule has 0 heterocycles. The van der Waals surface area contributed by atoms with Gasteiger partial charge in [-0.15, -0.1) is 0 Å². The molecule has 102 valence electrons. The lowest BCUT2D eigenvalue weighted by molar-refractivity contribution is 0.279. The monoisotopic (exact) mass is 270 g/mol. The van der Waals surface area contributed by atoms with Crippen LogP contribution < -0.4 is 10.5 Å². The standard InChI is InChI=1S/C13H22N2O2S/c1-13(2,3)12(15-4)9-10-7-5-6-8-11(10)18(14,16)17/h5-8,12,15H,9H2,1-4H3,(H2,14,16,17). The zero-order valence-corrected chi connectivity index (χ0v) is 12.2. The second-order valence-electron chi connectivity index (χ2n) is 5.56. The first-order chi connectivity index (χ1) is 8.16. The van der Waals surface area contributed by atoms with Crippen molar-refractivity contribution in [3.05, 3.63) is 29.8 Å². The van der Waals surface area contributed by atoms with Crippen molar-refractivity contribution >= 4 is 10.0 Å². The SMILES string of the molecule is CNC(Cc1ccccc1S(N)(=O)=O)C(C)(C)C. The van der Waals surface area contributed by atoms with E-state index in [0.717, 1.165) is 5.56 Å². The number of nitrogens with one attached hydrogen (secondary N) is 1. The molecule has 0 aliphatic rings. The van der Waals surface area contributed by atoms with Gasteiger partial charge in [-0.2, -0.15) is 0 Å². The smallest absolute Gasteiger partial charge is 0.238 e. The molecular weight excluding hydrogens is 248 g/mol. The number of primary sulfonamides is 1. The highest BCUT2D eigenvalue weighted by Gasteiger charge is 2.25. The summed E-state index contributed by atoms with van der Waals surface area (Å²) in [6, 6.07) is 7.07. The second kappa shape index (κ2) is 5.38. The normalized spacial score (nSPS) is 14.5. The van der Waals surface area contributed by atoms with E-state index in [1.165, 1.54) is 0 Å². The number of hydrogen-bond acceptors (Lipinski definition) is 3. The zero-order valence-electron chi connectivity index (χ0n) is 11.4. The molecule has 1 aromatic carbocycles. The molecule has 1 aromatic rings. The van der Waals surface area contributed by atoms with E-state index in [4.69, 9.17) is 5.14 Å². The lowest BCUT2D eigenvalue weighted by Gasteiger charge is -2.31. The molecule has 1 unspecified atom stereocenters. The summed E-state index contributed by atoms with van der Waals surface area (Å²) >= 11 is 0. The zero-order chi connectivity index (χ0) is 14.0. The van der Waals surface area contributed by atoms with Gasteiger partial charge in [0, 0.05) is 6.04 Å². The average molecular weight is 270 g/mol. The van der Waals surface area contributed by atoms with Crippen molar-refractivity contribution in [2.45, 2.75) is 38.1 Å². The van der Waals surface area contributed by atoms with Crippen LogP contribution in [0.25, 0.3) is 0 Å². The minimum absolute atomic E-state index is 0.0419. The van der Waals surface area contributed by atoms with Gasteiger partial charge in [-0.25, -0.2) is 13.6 Å². The van der Waals surface area contributed by atoms with E-state index < -0.39 is 10.0 Å². The third-order valence-corrected chi connectivity index (χ3v) is 4.11. The minimum Gasteiger partial charge on any atom is -0.316 e. The van der Waals surface area contributed by atoms with Gasteiger partial charge in [0.15, 0.2) is 0 Å². The van der Waals surface area contributed by atoms with E-state index in [1.807, 2.05) is 19.2 Å². The fourth-order valence-corrected chi connectivity index (χ4v) is 2.80. The van der Waals surface area contributed by atoms with Gasteiger partial charge < -0.3 is 5.32 Å². The first kappa shape index (κ1) is 15.1. The number of rotatable bonds is 4. The van der Waals surface area contributed by atoms with Crippen molar-refractivity contribution in [2.75, 3.05) is 7.05 Å². The summed E-state index contributed by atoms with van der Waals surface area (Å²) in [5, 5.41) is 8.47. The van der Waals surface area contributed by atoms with Gasteiger partial charge in [0.1, 0.15) is 0 Å². The number of nitrogens with two attached hydrogens (primary N) is 1. The molecule has 5 heteroatoms. The van der Waals surface area contributed by atoms with Crippen LogP contribution in [0.2, 0.25) is 0 Å². The third-order valence-electron chi connectivity index (χ3n) is 3.10. The molecule has 3 N–H and O–H groups in total. The predicted molar refractivity (Wildman–Crippen MR) is 73.8 cm³/mol. The highest BCUT2D eigenvalue weighted by Crippen LogP contribution is 2.24. The van der Waals surface area contributed by atoms with Crippen LogP contribution in [0.4, 0.5) is 0 Å². The highest BCUT2D eigenvalue weighted by molar-refractivity contribution is 7.89. The molecule has 0 fully saturated rings. The largest absolute Gasteiger partial charge is 0.316 e. The molecule has 0 radical (unpaired) electrons. The van der Waals surface area contributed by atoms with Crippen molar-refractivity contribution in [1.29, 1.82) is 0 Å². The van der Waals surface area contributed by atoms with E-state index in [1.54, 1.807) is 12.1 Å². The quantitative estimate of drug-likeness (QED) is 0.871. The fraction of sp³-hybridized carbons (Fsp3) is 0.538. The Labute approximate surface area is 110 Å². The molecule has 0 aliphatic heterocycles. The first-order valence-corrected chi connectivity index (χ1v) is 7.49. The van der Waals surface area contributed by atoms with Crippen LogP contribution in [0.5, 0.6) is 0 Å². The molecule has 0 amide bonds. The summed E-state index contributed by atoms with van der Waals surface area (Å²) in [6.45, 7) is 6.36. The molecule has 0 saturated heterocycles. The molecule has 18 heavy (non-hydrogen) atoms. The Hall–Kier alpha value is -0.910. The van der Waals surface area contributed by atoms with Gasteiger partial charge in [0.2, 0.25) is 10.0 Å². The molecular formula is C13H22N2O2S.